The average molecular weight is 369 g/mol. The van der Waals surface area contributed by atoms with Crippen molar-refractivity contribution in [1.82, 2.24) is 9.21 Å². The summed E-state index contributed by atoms with van der Waals surface area (Å²) in [6.45, 7) is 3.67. The molecule has 2 aliphatic heterocycles. The molecule has 0 aliphatic carbocycles. The number of benzene rings is 1. The highest BCUT2D eigenvalue weighted by atomic mass is 32.2. The lowest BCUT2D eigenvalue weighted by molar-refractivity contribution is -0.132. The Bertz CT molecular complexity index is 715. The minimum absolute atomic E-state index is 0.0964. The average Bonchev–Trinajstić information content (AvgIpc) is 3.04. The first-order valence-electron chi connectivity index (χ1n) is 8.56. The van der Waals surface area contributed by atoms with E-state index in [4.69, 9.17) is 0 Å². The van der Waals surface area contributed by atoms with Crippen LogP contribution in [0.1, 0.15) is 12.8 Å². The summed E-state index contributed by atoms with van der Waals surface area (Å²) in [7, 11) is -3.16. The molecule has 0 saturated carbocycles. The SMILES string of the molecule is CS(=O)(=O)N1CC[C@H](CC(=O)N2CCN(c3ccc(F)cc3)CC2)C1. The summed E-state index contributed by atoms with van der Waals surface area (Å²) >= 11 is 0. The first kappa shape index (κ1) is 18.1. The maximum atomic E-state index is 13.0. The van der Waals surface area contributed by atoms with E-state index >= 15 is 0 Å². The minimum atomic E-state index is -3.16. The van der Waals surface area contributed by atoms with Gasteiger partial charge in [0.2, 0.25) is 15.9 Å². The topological polar surface area (TPSA) is 60.9 Å². The Morgan fingerprint density at radius 2 is 1.76 bits per heavy atom. The lowest BCUT2D eigenvalue weighted by Crippen LogP contribution is -2.49. The predicted molar refractivity (Wildman–Crippen MR) is 94.3 cm³/mol. The second-order valence-electron chi connectivity index (χ2n) is 6.82. The van der Waals surface area contributed by atoms with Crippen molar-refractivity contribution in [2.45, 2.75) is 12.8 Å². The third kappa shape index (κ3) is 4.49. The Balaban J connectivity index is 1.48. The highest BCUT2D eigenvalue weighted by Crippen LogP contribution is 2.23. The lowest BCUT2D eigenvalue weighted by Gasteiger charge is -2.36. The number of amides is 1. The van der Waals surface area contributed by atoms with Crippen LogP contribution in [0.25, 0.3) is 0 Å². The molecular formula is C17H24FN3O3S. The number of carbonyl (C=O) groups excluding carboxylic acids is 1. The number of anilines is 1. The van der Waals surface area contributed by atoms with E-state index < -0.39 is 10.0 Å². The first-order chi connectivity index (χ1) is 11.8. The van der Waals surface area contributed by atoms with Gasteiger partial charge >= 0.3 is 0 Å². The number of carbonyl (C=O) groups is 1. The Kier molecular flexibility index (Phi) is 5.29. The molecule has 0 bridgehead atoms. The lowest BCUT2D eigenvalue weighted by atomic mass is 10.0. The normalized spacial score (nSPS) is 22.4. The molecule has 2 heterocycles. The summed E-state index contributed by atoms with van der Waals surface area (Å²) in [6.07, 6.45) is 2.36. The second-order valence-corrected chi connectivity index (χ2v) is 8.81. The van der Waals surface area contributed by atoms with Crippen LogP contribution in [0.2, 0.25) is 0 Å². The Labute approximate surface area is 148 Å². The van der Waals surface area contributed by atoms with Crippen molar-refractivity contribution in [3.63, 3.8) is 0 Å². The molecule has 2 aliphatic rings. The molecule has 1 amide bonds. The molecule has 2 saturated heterocycles. The van der Waals surface area contributed by atoms with Crippen molar-refractivity contribution in [3.05, 3.63) is 30.1 Å². The van der Waals surface area contributed by atoms with Crippen molar-refractivity contribution in [1.29, 1.82) is 0 Å². The number of hydrogen-bond donors (Lipinski definition) is 0. The molecule has 1 aromatic carbocycles. The molecule has 0 unspecified atom stereocenters. The van der Waals surface area contributed by atoms with E-state index in [2.05, 4.69) is 4.90 Å². The molecule has 6 nitrogen and oxygen atoms in total. The van der Waals surface area contributed by atoms with E-state index in [-0.39, 0.29) is 17.6 Å². The van der Waals surface area contributed by atoms with Gasteiger partial charge in [-0.05, 0) is 36.6 Å². The van der Waals surface area contributed by atoms with E-state index in [9.17, 15) is 17.6 Å². The van der Waals surface area contributed by atoms with Gasteiger partial charge in [0.1, 0.15) is 5.82 Å². The number of rotatable bonds is 4. The van der Waals surface area contributed by atoms with Gasteiger partial charge in [0.05, 0.1) is 6.26 Å². The molecule has 0 aromatic heterocycles. The van der Waals surface area contributed by atoms with Crippen LogP contribution in [0, 0.1) is 11.7 Å². The number of halogens is 1. The minimum Gasteiger partial charge on any atom is -0.368 e. The smallest absolute Gasteiger partial charge is 0.223 e. The van der Waals surface area contributed by atoms with Crippen molar-refractivity contribution < 1.29 is 17.6 Å². The van der Waals surface area contributed by atoms with Crippen molar-refractivity contribution >= 4 is 21.6 Å². The molecule has 8 heteroatoms. The van der Waals surface area contributed by atoms with Crippen LogP contribution in [-0.2, 0) is 14.8 Å². The highest BCUT2D eigenvalue weighted by molar-refractivity contribution is 7.88. The second kappa shape index (κ2) is 7.29. The maximum absolute atomic E-state index is 13.0. The predicted octanol–water partition coefficient (Wildman–Crippen LogP) is 1.15. The van der Waals surface area contributed by atoms with E-state index in [1.54, 1.807) is 12.1 Å². The van der Waals surface area contributed by atoms with Gasteiger partial charge in [-0.25, -0.2) is 17.1 Å². The molecule has 138 valence electrons. The van der Waals surface area contributed by atoms with Crippen molar-refractivity contribution in [2.75, 3.05) is 50.4 Å². The van der Waals surface area contributed by atoms with E-state index in [0.29, 0.717) is 32.6 Å². The monoisotopic (exact) mass is 369 g/mol. The summed E-state index contributed by atoms with van der Waals surface area (Å²) in [6, 6.07) is 6.40. The van der Waals surface area contributed by atoms with Crippen molar-refractivity contribution in [2.24, 2.45) is 5.92 Å². The quantitative estimate of drug-likeness (QED) is 0.799. The molecule has 3 rings (SSSR count). The van der Waals surface area contributed by atoms with Crippen LogP contribution in [0.4, 0.5) is 10.1 Å². The zero-order chi connectivity index (χ0) is 18.0. The zero-order valence-electron chi connectivity index (χ0n) is 14.4. The van der Waals surface area contributed by atoms with Crippen LogP contribution < -0.4 is 4.90 Å². The standard InChI is InChI=1S/C17H24FN3O3S/c1-25(23,24)21-7-6-14(13-21)12-17(22)20-10-8-19(9-11-20)16-4-2-15(18)3-5-16/h2-5,14H,6-13H2,1H3/t14-/m1/s1. The zero-order valence-corrected chi connectivity index (χ0v) is 15.2. The first-order valence-corrected chi connectivity index (χ1v) is 10.4. The van der Waals surface area contributed by atoms with E-state index in [1.165, 1.54) is 22.7 Å². The van der Waals surface area contributed by atoms with Gasteiger partial charge in [-0.2, -0.15) is 0 Å². The Morgan fingerprint density at radius 1 is 1.12 bits per heavy atom. The summed E-state index contributed by atoms with van der Waals surface area (Å²) in [5.74, 6) is -0.0475. The van der Waals surface area contributed by atoms with E-state index in [1.807, 2.05) is 4.90 Å². The molecule has 2 fully saturated rings. The van der Waals surface area contributed by atoms with Gasteiger partial charge in [0, 0.05) is 51.4 Å². The molecule has 25 heavy (non-hydrogen) atoms. The largest absolute Gasteiger partial charge is 0.368 e. The highest BCUT2D eigenvalue weighted by Gasteiger charge is 2.31. The number of hydrogen-bond acceptors (Lipinski definition) is 4. The molecule has 0 radical (unpaired) electrons. The molecule has 1 aromatic rings. The summed E-state index contributed by atoms with van der Waals surface area (Å²) in [5.41, 5.74) is 0.966. The number of nitrogens with zero attached hydrogens (tertiary/aromatic N) is 3. The summed E-state index contributed by atoms with van der Waals surface area (Å²) in [4.78, 5) is 16.5. The third-order valence-electron chi connectivity index (χ3n) is 5.01. The molecule has 0 spiro atoms. The number of piperazine rings is 1. The maximum Gasteiger partial charge on any atom is 0.223 e. The Morgan fingerprint density at radius 3 is 2.32 bits per heavy atom. The molecular weight excluding hydrogens is 345 g/mol. The van der Waals surface area contributed by atoms with Gasteiger partial charge in [-0.3, -0.25) is 4.79 Å². The van der Waals surface area contributed by atoms with Crippen LogP contribution in [0.15, 0.2) is 24.3 Å². The van der Waals surface area contributed by atoms with Gasteiger partial charge in [0.15, 0.2) is 0 Å². The van der Waals surface area contributed by atoms with E-state index in [0.717, 1.165) is 25.2 Å². The fourth-order valence-corrected chi connectivity index (χ4v) is 4.43. The molecule has 0 N–H and O–H groups in total. The number of sulfonamides is 1. The van der Waals surface area contributed by atoms with Crippen molar-refractivity contribution in [3.8, 4) is 0 Å². The van der Waals surface area contributed by atoms with Crippen LogP contribution in [0.5, 0.6) is 0 Å². The fraction of sp³-hybridized carbons (Fsp3) is 0.588. The van der Waals surface area contributed by atoms with Crippen LogP contribution >= 0.6 is 0 Å². The summed E-state index contributed by atoms with van der Waals surface area (Å²) < 4.78 is 37.6. The van der Waals surface area contributed by atoms with Crippen LogP contribution in [0.3, 0.4) is 0 Å². The van der Waals surface area contributed by atoms with Gasteiger partial charge in [-0.1, -0.05) is 0 Å². The van der Waals surface area contributed by atoms with Gasteiger partial charge in [0.25, 0.3) is 0 Å². The third-order valence-corrected chi connectivity index (χ3v) is 6.27. The van der Waals surface area contributed by atoms with Gasteiger partial charge < -0.3 is 9.80 Å². The molecule has 1 atom stereocenters. The van der Waals surface area contributed by atoms with Crippen LogP contribution in [-0.4, -0.2) is 69.1 Å². The van der Waals surface area contributed by atoms with Gasteiger partial charge in [-0.15, -0.1) is 0 Å². The fourth-order valence-electron chi connectivity index (χ4n) is 3.51. The summed E-state index contributed by atoms with van der Waals surface area (Å²) in [5, 5.41) is 0. The Hall–Kier alpha value is -1.67.